The fraction of sp³-hybridized carbons (Fsp3) is 0.241. The number of para-hydroxylation sites is 1. The van der Waals surface area contributed by atoms with Crippen LogP contribution in [0.3, 0.4) is 0 Å². The van der Waals surface area contributed by atoms with E-state index in [1.807, 2.05) is 65.6 Å². The molecular weight excluding hydrogens is 422 g/mol. The van der Waals surface area contributed by atoms with Crippen LogP contribution >= 0.6 is 0 Å². The predicted octanol–water partition coefficient (Wildman–Crippen LogP) is 5.64. The van der Waals surface area contributed by atoms with Crippen molar-refractivity contribution in [3.05, 3.63) is 102 Å². The van der Waals surface area contributed by atoms with Gasteiger partial charge >= 0.3 is 0 Å². The Hall–Kier alpha value is -3.86. The van der Waals surface area contributed by atoms with Gasteiger partial charge in [-0.25, -0.2) is 4.68 Å². The molecule has 4 aromatic rings. The van der Waals surface area contributed by atoms with E-state index >= 15 is 0 Å². The van der Waals surface area contributed by atoms with E-state index < -0.39 is 0 Å². The molecular formula is C29H29N3O2. The number of carbonyl (C=O) groups excluding carboxylic acids is 1. The van der Waals surface area contributed by atoms with Crippen LogP contribution in [-0.4, -0.2) is 40.8 Å². The molecule has 1 aliphatic heterocycles. The highest BCUT2D eigenvalue weighted by Crippen LogP contribution is 2.28. The minimum absolute atomic E-state index is 0.0312. The second-order valence-corrected chi connectivity index (χ2v) is 8.82. The third kappa shape index (κ3) is 4.74. The molecule has 0 saturated carbocycles. The minimum atomic E-state index is 0.0312. The Kier molecular flexibility index (Phi) is 6.43. The number of rotatable bonds is 6. The molecule has 0 atom stereocenters. The van der Waals surface area contributed by atoms with Crippen LogP contribution in [0.2, 0.25) is 0 Å². The monoisotopic (exact) mass is 451 g/mol. The van der Waals surface area contributed by atoms with Crippen molar-refractivity contribution < 1.29 is 9.53 Å². The van der Waals surface area contributed by atoms with Crippen molar-refractivity contribution in [3.8, 4) is 22.7 Å². The summed E-state index contributed by atoms with van der Waals surface area (Å²) in [5.41, 5.74) is 4.51. The Bertz CT molecular complexity index is 1240. The van der Waals surface area contributed by atoms with Crippen molar-refractivity contribution in [3.63, 3.8) is 0 Å². The summed E-state index contributed by atoms with van der Waals surface area (Å²) in [7, 11) is 1.65. The number of amides is 1. The van der Waals surface area contributed by atoms with Gasteiger partial charge in [0.2, 0.25) is 0 Å². The Morgan fingerprint density at radius 1 is 0.912 bits per heavy atom. The molecule has 5 rings (SSSR count). The average Bonchev–Trinajstić information content (AvgIpc) is 3.36. The van der Waals surface area contributed by atoms with Crippen molar-refractivity contribution in [1.29, 1.82) is 0 Å². The molecule has 2 heterocycles. The number of likely N-dealkylation sites (tertiary alicyclic amines) is 1. The van der Waals surface area contributed by atoms with E-state index in [-0.39, 0.29) is 5.91 Å². The number of nitrogens with zero attached hydrogens (tertiary/aromatic N) is 3. The van der Waals surface area contributed by atoms with Crippen LogP contribution in [0.15, 0.2) is 91.0 Å². The lowest BCUT2D eigenvalue weighted by molar-refractivity contribution is 0.0681. The highest BCUT2D eigenvalue weighted by atomic mass is 16.5. The smallest absolute Gasteiger partial charge is 0.272 e. The zero-order valence-electron chi connectivity index (χ0n) is 19.4. The molecule has 0 bridgehead atoms. The predicted molar refractivity (Wildman–Crippen MR) is 134 cm³/mol. The lowest BCUT2D eigenvalue weighted by Gasteiger charge is -2.32. The molecule has 0 N–H and O–H groups in total. The van der Waals surface area contributed by atoms with Gasteiger partial charge in [0.1, 0.15) is 11.4 Å². The fourth-order valence-corrected chi connectivity index (χ4v) is 4.67. The molecule has 172 valence electrons. The number of hydrogen-bond donors (Lipinski definition) is 0. The van der Waals surface area contributed by atoms with Crippen molar-refractivity contribution in [2.24, 2.45) is 5.92 Å². The molecule has 5 nitrogen and oxygen atoms in total. The van der Waals surface area contributed by atoms with Crippen molar-refractivity contribution in [2.45, 2.75) is 19.3 Å². The Labute approximate surface area is 200 Å². The normalized spacial score (nSPS) is 14.2. The summed E-state index contributed by atoms with van der Waals surface area (Å²) in [5, 5.41) is 4.83. The first-order valence-corrected chi connectivity index (χ1v) is 11.8. The van der Waals surface area contributed by atoms with Gasteiger partial charge in [0.15, 0.2) is 0 Å². The lowest BCUT2D eigenvalue weighted by atomic mass is 9.90. The maximum atomic E-state index is 13.7. The summed E-state index contributed by atoms with van der Waals surface area (Å²) >= 11 is 0. The molecule has 1 aliphatic rings. The standard InChI is InChI=1S/C29H29N3O2/c1-34-26-14-8-11-24(20-26)27-21-28(32(30-27)25-12-6-3-7-13-25)29(33)31-17-15-23(16-18-31)19-22-9-4-2-5-10-22/h2-14,20-21,23H,15-19H2,1H3. The van der Waals surface area contributed by atoms with Crippen LogP contribution in [0.1, 0.15) is 28.9 Å². The Morgan fingerprint density at radius 2 is 1.62 bits per heavy atom. The summed E-state index contributed by atoms with van der Waals surface area (Å²) in [6.45, 7) is 1.54. The fourth-order valence-electron chi connectivity index (χ4n) is 4.67. The summed E-state index contributed by atoms with van der Waals surface area (Å²) in [6, 6.07) is 30.2. The van der Waals surface area contributed by atoms with Gasteiger partial charge in [-0.15, -0.1) is 0 Å². The van der Waals surface area contributed by atoms with Crippen molar-refractivity contribution in [1.82, 2.24) is 14.7 Å². The molecule has 0 spiro atoms. The van der Waals surface area contributed by atoms with E-state index in [9.17, 15) is 4.79 Å². The first-order chi connectivity index (χ1) is 16.7. The Balaban J connectivity index is 1.38. The number of aromatic nitrogens is 2. The highest BCUT2D eigenvalue weighted by molar-refractivity contribution is 5.94. The second kappa shape index (κ2) is 9.96. The maximum absolute atomic E-state index is 13.7. The van der Waals surface area contributed by atoms with E-state index in [0.717, 1.165) is 55.0 Å². The number of methoxy groups -OCH3 is 1. The van der Waals surface area contributed by atoms with Gasteiger partial charge in [0.05, 0.1) is 18.5 Å². The molecule has 34 heavy (non-hydrogen) atoms. The minimum Gasteiger partial charge on any atom is -0.497 e. The average molecular weight is 452 g/mol. The van der Waals surface area contributed by atoms with Gasteiger partial charge in [-0.05, 0) is 61.1 Å². The molecule has 1 aromatic heterocycles. The SMILES string of the molecule is COc1cccc(-c2cc(C(=O)N3CCC(Cc4ccccc4)CC3)n(-c3ccccc3)n2)c1. The van der Waals surface area contributed by atoms with Crippen molar-refractivity contribution >= 4 is 5.91 Å². The number of piperidine rings is 1. The number of carbonyl (C=O) groups is 1. The molecule has 3 aromatic carbocycles. The van der Waals surface area contributed by atoms with Gasteiger partial charge < -0.3 is 9.64 Å². The zero-order chi connectivity index (χ0) is 23.3. The van der Waals surface area contributed by atoms with E-state index in [2.05, 4.69) is 30.3 Å². The molecule has 1 amide bonds. The molecule has 1 fully saturated rings. The quantitative estimate of drug-likeness (QED) is 0.381. The summed E-state index contributed by atoms with van der Waals surface area (Å²) in [6.07, 6.45) is 3.11. The lowest BCUT2D eigenvalue weighted by Crippen LogP contribution is -2.39. The zero-order valence-corrected chi connectivity index (χ0v) is 19.4. The number of hydrogen-bond acceptors (Lipinski definition) is 3. The second-order valence-electron chi connectivity index (χ2n) is 8.82. The summed E-state index contributed by atoms with van der Waals surface area (Å²) in [5.74, 6) is 1.40. The Morgan fingerprint density at radius 3 is 2.32 bits per heavy atom. The van der Waals surface area contributed by atoms with Crippen LogP contribution in [0.4, 0.5) is 0 Å². The molecule has 1 saturated heterocycles. The summed E-state index contributed by atoms with van der Waals surface area (Å²) in [4.78, 5) is 15.6. The number of ether oxygens (including phenoxy) is 1. The number of benzene rings is 3. The van der Waals surface area contributed by atoms with Crippen LogP contribution < -0.4 is 4.74 Å². The van der Waals surface area contributed by atoms with Crippen LogP contribution in [0, 0.1) is 5.92 Å². The maximum Gasteiger partial charge on any atom is 0.272 e. The molecule has 0 unspecified atom stereocenters. The third-order valence-corrected chi connectivity index (χ3v) is 6.56. The molecule has 0 radical (unpaired) electrons. The topological polar surface area (TPSA) is 47.4 Å². The third-order valence-electron chi connectivity index (χ3n) is 6.56. The van der Waals surface area contributed by atoms with E-state index in [1.54, 1.807) is 11.8 Å². The van der Waals surface area contributed by atoms with Crippen LogP contribution in [0.25, 0.3) is 16.9 Å². The van der Waals surface area contributed by atoms with Crippen molar-refractivity contribution in [2.75, 3.05) is 20.2 Å². The van der Waals surface area contributed by atoms with E-state index in [1.165, 1.54) is 5.56 Å². The molecule has 5 heteroatoms. The first-order valence-electron chi connectivity index (χ1n) is 11.8. The van der Waals surface area contributed by atoms with E-state index in [4.69, 9.17) is 9.84 Å². The van der Waals surface area contributed by atoms with Gasteiger partial charge in [0.25, 0.3) is 5.91 Å². The van der Waals surface area contributed by atoms with Crippen LogP contribution in [-0.2, 0) is 6.42 Å². The summed E-state index contributed by atoms with van der Waals surface area (Å²) < 4.78 is 7.15. The molecule has 0 aliphatic carbocycles. The first kappa shape index (κ1) is 22.0. The largest absolute Gasteiger partial charge is 0.497 e. The highest BCUT2D eigenvalue weighted by Gasteiger charge is 2.27. The van der Waals surface area contributed by atoms with Gasteiger partial charge in [-0.3, -0.25) is 4.79 Å². The van der Waals surface area contributed by atoms with E-state index in [0.29, 0.717) is 11.6 Å². The van der Waals surface area contributed by atoms with Crippen LogP contribution in [0.5, 0.6) is 5.75 Å². The van der Waals surface area contributed by atoms with Gasteiger partial charge in [0, 0.05) is 18.7 Å². The van der Waals surface area contributed by atoms with Gasteiger partial charge in [-0.2, -0.15) is 5.10 Å². The van der Waals surface area contributed by atoms with Gasteiger partial charge in [-0.1, -0.05) is 60.7 Å².